The third kappa shape index (κ3) is 7.00. The Morgan fingerprint density at radius 2 is 1.85 bits per heavy atom. The van der Waals surface area contributed by atoms with E-state index < -0.39 is 54.2 Å². The Morgan fingerprint density at radius 3 is 2.38 bits per heavy atom. The molecule has 0 aliphatic carbocycles. The molecule has 34 heavy (non-hydrogen) atoms. The number of methoxy groups -OCH3 is 1. The first kappa shape index (κ1) is 27.7. The molecule has 2 rings (SSSR count). The van der Waals surface area contributed by atoms with Gasteiger partial charge in [0.1, 0.15) is 5.75 Å². The number of piperidine rings is 1. The van der Waals surface area contributed by atoms with E-state index >= 15 is 0 Å². The predicted molar refractivity (Wildman–Crippen MR) is 110 cm³/mol. The average Bonchev–Trinajstić information content (AvgIpc) is 2.74. The van der Waals surface area contributed by atoms with E-state index in [9.17, 15) is 41.0 Å². The van der Waals surface area contributed by atoms with Gasteiger partial charge in [0.2, 0.25) is 0 Å². The summed E-state index contributed by atoms with van der Waals surface area (Å²) in [6.45, 7) is 2.74. The van der Waals surface area contributed by atoms with Gasteiger partial charge in [-0.05, 0) is 43.4 Å². The number of aliphatic hydroxyl groups is 1. The molecule has 2 unspecified atom stereocenters. The third-order valence-electron chi connectivity index (χ3n) is 5.64. The second-order valence-corrected chi connectivity index (χ2v) is 8.67. The van der Waals surface area contributed by atoms with E-state index in [2.05, 4.69) is 0 Å². The number of benzene rings is 1. The van der Waals surface area contributed by atoms with Crippen LogP contribution in [0, 0.1) is 5.92 Å². The highest BCUT2D eigenvalue weighted by Crippen LogP contribution is 2.37. The van der Waals surface area contributed by atoms with Crippen LogP contribution in [0.4, 0.5) is 26.3 Å². The van der Waals surface area contributed by atoms with Crippen molar-refractivity contribution in [2.24, 2.45) is 5.92 Å². The first-order chi connectivity index (χ1) is 15.6. The third-order valence-corrected chi connectivity index (χ3v) is 5.64. The number of carbonyl (C=O) groups excluding carboxylic acids is 2. The maximum absolute atomic E-state index is 13.4. The zero-order valence-electron chi connectivity index (χ0n) is 19.0. The minimum Gasteiger partial charge on any atom is -0.496 e. The van der Waals surface area contributed by atoms with Crippen LogP contribution in [-0.4, -0.2) is 71.8 Å². The Hall–Kier alpha value is -2.50. The van der Waals surface area contributed by atoms with Gasteiger partial charge >= 0.3 is 18.3 Å². The molecule has 6 nitrogen and oxygen atoms in total. The molecule has 1 heterocycles. The van der Waals surface area contributed by atoms with E-state index in [1.165, 1.54) is 0 Å². The van der Waals surface area contributed by atoms with Gasteiger partial charge in [-0.1, -0.05) is 13.8 Å². The number of carbonyl (C=O) groups is 2. The van der Waals surface area contributed by atoms with E-state index in [4.69, 9.17) is 4.74 Å². The maximum Gasteiger partial charge on any atom is 0.471 e. The molecular formula is C22H28F6N2O4. The van der Waals surface area contributed by atoms with E-state index in [-0.39, 0.29) is 43.8 Å². The molecule has 2 atom stereocenters. The first-order valence-electron chi connectivity index (χ1n) is 10.8. The zero-order chi connectivity index (χ0) is 25.8. The quantitative estimate of drug-likeness (QED) is 0.575. The summed E-state index contributed by atoms with van der Waals surface area (Å²) < 4.78 is 84.4. The van der Waals surface area contributed by atoms with Crippen molar-refractivity contribution in [2.75, 3.05) is 26.7 Å². The number of rotatable bonds is 7. The lowest BCUT2D eigenvalue weighted by Crippen LogP contribution is -2.55. The molecule has 0 bridgehead atoms. The summed E-state index contributed by atoms with van der Waals surface area (Å²) >= 11 is 0. The van der Waals surface area contributed by atoms with Crippen molar-refractivity contribution in [2.45, 2.75) is 57.6 Å². The number of ether oxygens (including phenoxy) is 1. The van der Waals surface area contributed by atoms with Crippen LogP contribution in [0.15, 0.2) is 18.2 Å². The summed E-state index contributed by atoms with van der Waals surface area (Å²) in [5.41, 5.74) is -1.49. The van der Waals surface area contributed by atoms with Gasteiger partial charge in [-0.15, -0.1) is 0 Å². The number of aliphatic hydroxyl groups excluding tert-OH is 1. The Morgan fingerprint density at radius 1 is 1.21 bits per heavy atom. The first-order valence-corrected chi connectivity index (χ1v) is 10.8. The molecule has 1 aromatic carbocycles. The van der Waals surface area contributed by atoms with Crippen molar-refractivity contribution in [3.8, 4) is 5.75 Å². The lowest BCUT2D eigenvalue weighted by atomic mass is 9.97. The van der Waals surface area contributed by atoms with Crippen molar-refractivity contribution in [3.05, 3.63) is 29.3 Å². The molecule has 1 saturated heterocycles. The van der Waals surface area contributed by atoms with E-state index in [1.807, 2.05) is 0 Å². The molecule has 1 aliphatic rings. The largest absolute Gasteiger partial charge is 0.496 e. The Kier molecular flexibility index (Phi) is 8.84. The Balaban J connectivity index is 2.36. The number of hydrogen-bond acceptors (Lipinski definition) is 4. The number of likely N-dealkylation sites (tertiary alicyclic amines) is 1. The average molecular weight is 498 g/mol. The van der Waals surface area contributed by atoms with Crippen molar-refractivity contribution < 1.29 is 45.8 Å². The van der Waals surface area contributed by atoms with E-state index in [1.54, 1.807) is 13.8 Å². The highest BCUT2D eigenvalue weighted by atomic mass is 19.4. The lowest BCUT2D eigenvalue weighted by molar-refractivity contribution is -0.186. The van der Waals surface area contributed by atoms with Crippen molar-refractivity contribution >= 4 is 11.8 Å². The molecule has 1 fully saturated rings. The van der Waals surface area contributed by atoms with Gasteiger partial charge in [-0.25, -0.2) is 0 Å². The molecule has 0 radical (unpaired) electrons. The molecular weight excluding hydrogens is 470 g/mol. The fourth-order valence-electron chi connectivity index (χ4n) is 3.82. The second kappa shape index (κ2) is 10.8. The maximum atomic E-state index is 13.4. The van der Waals surface area contributed by atoms with Crippen LogP contribution < -0.4 is 4.74 Å². The number of alkyl halides is 6. The monoisotopic (exact) mass is 498 g/mol. The number of hydrogen-bond donors (Lipinski definition) is 1. The standard InChI is InChI=1S/C22H28F6N2O4/c1-13(2)6-8-29(20(33)22(26,27)28)12-15-11-16(31)7-9-30(15)19(32)14-4-5-18(34-3)17(10-14)21(23,24)25/h4-5,10,13,15-16,31H,6-9,11-12H2,1-3H3. The van der Waals surface area contributed by atoms with Gasteiger partial charge in [0.05, 0.1) is 24.8 Å². The SMILES string of the molecule is COc1ccc(C(=O)N2CCC(O)CC2CN(CCC(C)C)C(=O)C(F)(F)F)cc1C(F)(F)F. The van der Waals surface area contributed by atoms with Gasteiger partial charge in [-0.2, -0.15) is 26.3 Å². The number of halogens is 6. The van der Waals surface area contributed by atoms with Gasteiger partial charge in [0.15, 0.2) is 0 Å². The van der Waals surface area contributed by atoms with Crippen LogP contribution in [0.25, 0.3) is 0 Å². The highest BCUT2D eigenvalue weighted by Gasteiger charge is 2.44. The molecule has 192 valence electrons. The second-order valence-electron chi connectivity index (χ2n) is 8.67. The Bertz CT molecular complexity index is 872. The smallest absolute Gasteiger partial charge is 0.471 e. The zero-order valence-corrected chi connectivity index (χ0v) is 19.0. The van der Waals surface area contributed by atoms with Crippen LogP contribution in [0.5, 0.6) is 5.75 Å². The summed E-state index contributed by atoms with van der Waals surface area (Å²) in [5, 5.41) is 10.1. The molecule has 0 aromatic heterocycles. The van der Waals surface area contributed by atoms with Crippen LogP contribution in [0.1, 0.15) is 49.0 Å². The number of nitrogens with zero attached hydrogens (tertiary/aromatic N) is 2. The summed E-state index contributed by atoms with van der Waals surface area (Å²) in [4.78, 5) is 26.8. The predicted octanol–water partition coefficient (Wildman–Crippen LogP) is 4.12. The molecule has 1 N–H and O–H groups in total. The molecule has 1 aliphatic heterocycles. The van der Waals surface area contributed by atoms with Crippen LogP contribution in [0.3, 0.4) is 0 Å². The summed E-state index contributed by atoms with van der Waals surface area (Å²) in [7, 11) is 1.05. The summed E-state index contributed by atoms with van der Waals surface area (Å²) in [6, 6.07) is 1.74. The summed E-state index contributed by atoms with van der Waals surface area (Å²) in [6.07, 6.45) is -10.6. The molecule has 12 heteroatoms. The van der Waals surface area contributed by atoms with Gasteiger partial charge < -0.3 is 19.6 Å². The van der Waals surface area contributed by atoms with Crippen LogP contribution in [0.2, 0.25) is 0 Å². The van der Waals surface area contributed by atoms with Gasteiger partial charge in [0, 0.05) is 25.2 Å². The normalized spacial score (nSPS) is 19.3. The molecule has 0 saturated carbocycles. The lowest BCUT2D eigenvalue weighted by Gasteiger charge is -2.40. The topological polar surface area (TPSA) is 70.1 Å². The van der Waals surface area contributed by atoms with E-state index in [0.29, 0.717) is 11.0 Å². The van der Waals surface area contributed by atoms with E-state index in [0.717, 1.165) is 24.1 Å². The van der Waals surface area contributed by atoms with Gasteiger partial charge in [0.25, 0.3) is 5.91 Å². The van der Waals surface area contributed by atoms with Gasteiger partial charge in [-0.3, -0.25) is 9.59 Å². The molecule has 1 aromatic rings. The van der Waals surface area contributed by atoms with Crippen molar-refractivity contribution in [1.82, 2.24) is 9.80 Å². The summed E-state index contributed by atoms with van der Waals surface area (Å²) in [5.74, 6) is -3.39. The fraction of sp³-hybridized carbons (Fsp3) is 0.636. The molecule has 2 amide bonds. The minimum absolute atomic E-state index is 0.00157. The molecule has 0 spiro atoms. The van der Waals surface area contributed by atoms with Crippen molar-refractivity contribution in [3.63, 3.8) is 0 Å². The highest BCUT2D eigenvalue weighted by molar-refractivity contribution is 5.95. The van der Waals surface area contributed by atoms with Crippen LogP contribution >= 0.6 is 0 Å². The number of amides is 2. The fourth-order valence-corrected chi connectivity index (χ4v) is 3.82. The van der Waals surface area contributed by atoms with Crippen molar-refractivity contribution in [1.29, 1.82) is 0 Å². The Labute approximate surface area is 193 Å². The minimum atomic E-state index is -5.13. The van der Waals surface area contributed by atoms with Crippen LogP contribution in [-0.2, 0) is 11.0 Å².